The first-order chi connectivity index (χ1) is 35.8. The van der Waals surface area contributed by atoms with Gasteiger partial charge in [-0.1, -0.05) is 139 Å². The summed E-state index contributed by atoms with van der Waals surface area (Å²) in [6.07, 6.45) is 0. The van der Waals surface area contributed by atoms with Crippen LogP contribution in [0.2, 0.25) is 0 Å². The van der Waals surface area contributed by atoms with Crippen LogP contribution in [-0.2, 0) is 10.8 Å². The zero-order valence-electron chi connectivity index (χ0n) is 42.8. The maximum absolute atomic E-state index is 11.3. The summed E-state index contributed by atoms with van der Waals surface area (Å²) in [7, 11) is 0. The maximum Gasteiger partial charge on any atom is 0.193 e. The first-order valence-electron chi connectivity index (χ1n) is 26.5. The van der Waals surface area contributed by atoms with Gasteiger partial charge in [-0.15, -0.1) is 0 Å². The predicted molar refractivity (Wildman–Crippen MR) is 294 cm³/mol. The van der Waals surface area contributed by atoms with E-state index < -0.39 is 0 Å². The van der Waals surface area contributed by atoms with Gasteiger partial charge in [-0.3, -0.25) is 0 Å². The number of nitriles is 1. The lowest BCUT2D eigenvalue weighted by atomic mass is 9.59. The molecule has 0 fully saturated rings. The maximum atomic E-state index is 11.3. The average Bonchev–Trinajstić information content (AvgIpc) is 4.33. The second-order valence-corrected chi connectivity index (χ2v) is 23.4. The quantitative estimate of drug-likeness (QED) is 0.140. The van der Waals surface area contributed by atoms with Gasteiger partial charge in [-0.25, -0.2) is 4.85 Å². The van der Waals surface area contributed by atoms with E-state index in [1.165, 1.54) is 66.8 Å². The fraction of sp³-hybridized carbons (Fsp3) is 0.176. The molecule has 4 heteroatoms. The minimum absolute atomic E-state index is 0.0673. The first-order valence-corrected chi connectivity index (χ1v) is 25.5. The Labute approximate surface area is 419 Å². The summed E-state index contributed by atoms with van der Waals surface area (Å²) in [5.74, 6) is -0.289. The number of nitrogens with zero attached hydrogens (tertiary/aromatic N) is 4. The molecule has 6 aliphatic carbocycles. The Hall–Kier alpha value is -8.44. The van der Waals surface area contributed by atoms with Gasteiger partial charge >= 0.3 is 0 Å². The molecule has 0 amide bonds. The number of benzene rings is 9. The summed E-state index contributed by atoms with van der Waals surface area (Å²) in [4.78, 5) is 4.39. The summed E-state index contributed by atoms with van der Waals surface area (Å²) >= 11 is 0. The van der Waals surface area contributed by atoms with E-state index in [0.717, 1.165) is 76.3 Å². The number of aromatic nitrogens is 2. The lowest BCUT2D eigenvalue weighted by molar-refractivity contribution is 0.591. The molecule has 72 heavy (non-hydrogen) atoms. The second-order valence-electron chi connectivity index (χ2n) is 23.4. The van der Waals surface area contributed by atoms with E-state index >= 15 is 0 Å². The fourth-order valence-electron chi connectivity index (χ4n) is 15.2. The molecule has 13 aromatic rings. The van der Waals surface area contributed by atoms with Crippen LogP contribution in [0.25, 0.3) is 81.0 Å². The van der Waals surface area contributed by atoms with Crippen LogP contribution in [0.15, 0.2) is 146 Å². The van der Waals surface area contributed by atoms with Crippen LogP contribution in [0.3, 0.4) is 0 Å². The van der Waals surface area contributed by atoms with Gasteiger partial charge in [-0.05, 0) is 137 Å². The predicted octanol–water partition coefficient (Wildman–Crippen LogP) is 17.0. The van der Waals surface area contributed by atoms with E-state index in [0.29, 0.717) is 22.3 Å². The van der Waals surface area contributed by atoms with E-state index in [1.807, 2.05) is 0 Å². The van der Waals surface area contributed by atoms with E-state index in [1.54, 1.807) is 0 Å². The van der Waals surface area contributed by atoms with E-state index in [9.17, 15) is 8.00 Å². The van der Waals surface area contributed by atoms with Crippen molar-refractivity contribution in [3.05, 3.63) is 240 Å². The van der Waals surface area contributed by atoms with Gasteiger partial charge in [0.15, 0.2) is 5.69 Å². The third-order valence-electron chi connectivity index (χ3n) is 18.0. The van der Waals surface area contributed by atoms with Crippen molar-refractivity contribution in [1.29, 1.82) is 5.26 Å². The van der Waals surface area contributed by atoms with Gasteiger partial charge in [0.25, 0.3) is 0 Å². The second kappa shape index (κ2) is 12.5. The topological polar surface area (TPSA) is 37.0 Å². The minimum atomic E-state index is -0.234. The Kier molecular flexibility index (Phi) is 6.51. The molecule has 4 nitrogen and oxygen atoms in total. The van der Waals surface area contributed by atoms with E-state index in [2.05, 4.69) is 195 Å². The molecule has 6 aliphatic rings. The van der Waals surface area contributed by atoms with Crippen molar-refractivity contribution in [2.24, 2.45) is 0 Å². The van der Waals surface area contributed by atoms with E-state index in [-0.39, 0.29) is 46.6 Å². The first kappa shape index (κ1) is 37.4. The van der Waals surface area contributed by atoms with Gasteiger partial charge in [0, 0.05) is 72.3 Å². The van der Waals surface area contributed by atoms with Gasteiger partial charge in [0.05, 0.1) is 48.5 Å². The summed E-state index contributed by atoms with van der Waals surface area (Å²) in [6.45, 7) is 22.6. The van der Waals surface area contributed by atoms with Crippen molar-refractivity contribution in [1.82, 2.24) is 8.80 Å². The average molecular weight is 921 g/mol. The summed E-state index contributed by atoms with van der Waals surface area (Å²) in [5, 5.41) is 19.9. The largest absolute Gasteiger partial charge is 0.309 e. The van der Waals surface area contributed by atoms with Crippen LogP contribution in [0.4, 0.5) is 5.69 Å². The molecule has 0 aliphatic heterocycles. The highest BCUT2D eigenvalue weighted by Crippen LogP contribution is 2.63. The van der Waals surface area contributed by atoms with E-state index in [4.69, 9.17) is 6.57 Å². The lowest BCUT2D eigenvalue weighted by Crippen LogP contribution is -2.28. The van der Waals surface area contributed by atoms with Gasteiger partial charge in [0.2, 0.25) is 0 Å². The molecular formula is C68H46N4. The third kappa shape index (κ3) is 4.32. The number of hydrogen-bond acceptors (Lipinski definition) is 1. The van der Waals surface area contributed by atoms with Crippen molar-refractivity contribution in [2.75, 3.05) is 0 Å². The monoisotopic (exact) mass is 920 g/mol. The number of hydrogen-bond donors (Lipinski definition) is 0. The van der Waals surface area contributed by atoms with Crippen molar-refractivity contribution in [2.45, 2.75) is 76.0 Å². The molecule has 0 unspecified atom stereocenters. The normalized spacial score (nSPS) is 18.8. The molecular weight excluding hydrogens is 873 g/mol. The fourth-order valence-corrected chi connectivity index (χ4v) is 15.2. The molecule has 4 bridgehead atoms. The zero-order chi connectivity index (χ0) is 49.9. The molecule has 0 saturated heterocycles. The smallest absolute Gasteiger partial charge is 0.193 e. The minimum Gasteiger partial charge on any atom is -0.309 e. The standard InChI is InChI=1S/C68H46N4/c1-67(2,3)34-27-44-58-49(71-51-26-33(32-69)53-54-36-16-8-12-20-40(36)56(41-21-13-9-17-37(41)54)63(53)60(51)46(29-34)65(44)71)24-25-50-59(58)45-28-35(68(4,5)6)30-47-61-52(72(50)66(45)47)31-48(70-7)62-55-38-18-10-14-22-42(38)57(64(61)62)43-23-15-11-19-39(43)55/h8-31,54-57H,1-6H3/i24D,25D. The number of fused-ring (bicyclic) bond motifs is 13. The molecule has 9 aromatic carbocycles. The number of rotatable bonds is 0. The van der Waals surface area contributed by atoms with Gasteiger partial charge < -0.3 is 8.80 Å². The molecule has 0 spiro atoms. The molecule has 19 rings (SSSR count). The van der Waals surface area contributed by atoms with Crippen LogP contribution in [0.5, 0.6) is 0 Å². The Morgan fingerprint density at radius 1 is 0.458 bits per heavy atom. The molecule has 0 atom stereocenters. The highest BCUT2D eigenvalue weighted by atomic mass is 14.9. The highest BCUT2D eigenvalue weighted by molar-refractivity contribution is 6.36. The molecule has 4 aromatic heterocycles. The van der Waals surface area contributed by atoms with Crippen LogP contribution in [0, 0.1) is 17.9 Å². The zero-order valence-corrected chi connectivity index (χ0v) is 40.8. The summed E-state index contributed by atoms with van der Waals surface area (Å²) in [6, 6.07) is 52.1. The Balaban J connectivity index is 1.08. The van der Waals surface area contributed by atoms with Crippen LogP contribution in [0.1, 0.15) is 151 Å². The van der Waals surface area contributed by atoms with Crippen molar-refractivity contribution >= 4 is 81.9 Å². The third-order valence-corrected chi connectivity index (χ3v) is 18.0. The molecule has 338 valence electrons. The molecule has 0 radical (unpaired) electrons. The van der Waals surface area contributed by atoms with Crippen LogP contribution in [-0.4, -0.2) is 8.80 Å². The lowest BCUT2D eigenvalue weighted by Gasteiger charge is -2.43. The highest BCUT2D eigenvalue weighted by Gasteiger charge is 2.46. The Morgan fingerprint density at radius 3 is 1.15 bits per heavy atom. The molecule has 0 saturated carbocycles. The van der Waals surface area contributed by atoms with Crippen molar-refractivity contribution < 1.29 is 2.74 Å². The summed E-state index contributed by atoms with van der Waals surface area (Å²) in [5.41, 5.74) is 23.4. The van der Waals surface area contributed by atoms with Gasteiger partial charge in [0.1, 0.15) is 0 Å². The van der Waals surface area contributed by atoms with Crippen molar-refractivity contribution in [3.63, 3.8) is 0 Å². The van der Waals surface area contributed by atoms with Gasteiger partial charge in [-0.2, -0.15) is 5.26 Å². The summed E-state index contributed by atoms with van der Waals surface area (Å²) < 4.78 is 25.5. The van der Waals surface area contributed by atoms with Crippen molar-refractivity contribution in [3.8, 4) is 6.07 Å². The molecule has 4 heterocycles. The SMILES string of the molecule is [2H]c1c([2H])c2c(c3cc(C(C)(C)C)cc4c5c6c(c([N+]#[C-])cc5n2c43)C2c3ccccc3C6c3ccccc32)c2c3cc(C(C)(C)C)cc4c5c6c(c(C#N)cc5n(c12)c43)C1c2ccccc2C6c2ccccc21. The van der Waals surface area contributed by atoms with Crippen LogP contribution >= 0.6 is 0 Å². The van der Waals surface area contributed by atoms with Crippen LogP contribution < -0.4 is 0 Å². The Bertz CT molecular complexity index is 4530. The Morgan fingerprint density at radius 2 is 0.792 bits per heavy atom. The molecule has 0 N–H and O–H groups in total.